The number of aromatic carboxylic acids is 1. The number of hydrogen-bond donors (Lipinski definition) is 1. The fourth-order valence-electron chi connectivity index (χ4n) is 1.08. The number of pyridine rings is 1. The van der Waals surface area contributed by atoms with E-state index in [1.54, 1.807) is 6.07 Å². The largest absolute Gasteiger partial charge is 0.476 e. The number of rotatable bonds is 1. The molecule has 2 aromatic rings. The van der Waals surface area contributed by atoms with E-state index in [0.29, 0.717) is 10.9 Å². The first kappa shape index (κ1) is 7.60. The minimum atomic E-state index is -1.07. The summed E-state index contributed by atoms with van der Waals surface area (Å²) in [6.07, 6.45) is 4.23. The third-order valence-electron chi connectivity index (χ3n) is 1.64. The first-order valence-electron chi connectivity index (χ1n) is 3.57. The van der Waals surface area contributed by atoms with Gasteiger partial charge >= 0.3 is 5.97 Å². The molecule has 0 bridgehead atoms. The van der Waals surface area contributed by atoms with Crippen LogP contribution in [-0.4, -0.2) is 26.0 Å². The van der Waals surface area contributed by atoms with Crippen LogP contribution in [0.5, 0.6) is 0 Å². The Morgan fingerprint density at radius 1 is 1.38 bits per heavy atom. The van der Waals surface area contributed by atoms with Crippen LogP contribution in [0.4, 0.5) is 0 Å². The highest BCUT2D eigenvalue weighted by Gasteiger charge is 2.09. The van der Waals surface area contributed by atoms with Gasteiger partial charge in [0.05, 0.1) is 10.9 Å². The Morgan fingerprint density at radius 3 is 3.00 bits per heavy atom. The summed E-state index contributed by atoms with van der Waals surface area (Å²) in [5.74, 6) is -1.07. The lowest BCUT2D eigenvalue weighted by molar-refractivity contribution is 0.0693. The molecule has 64 valence electrons. The average Bonchev–Trinajstić information content (AvgIpc) is 2.17. The van der Waals surface area contributed by atoms with Crippen LogP contribution in [0, 0.1) is 0 Å². The lowest BCUT2D eigenvalue weighted by Gasteiger charge is -1.97. The van der Waals surface area contributed by atoms with Crippen LogP contribution in [0.2, 0.25) is 0 Å². The summed E-state index contributed by atoms with van der Waals surface area (Å²) >= 11 is 0. The summed E-state index contributed by atoms with van der Waals surface area (Å²) in [5, 5.41) is 9.22. The van der Waals surface area contributed by atoms with Crippen LogP contribution in [0.3, 0.4) is 0 Å². The van der Waals surface area contributed by atoms with E-state index in [-0.39, 0.29) is 5.69 Å². The maximum absolute atomic E-state index is 10.7. The monoisotopic (exact) mass is 175 g/mol. The number of carboxylic acid groups (broad SMARTS) is 1. The predicted octanol–water partition coefficient (Wildman–Crippen LogP) is 0.723. The van der Waals surface area contributed by atoms with Crippen molar-refractivity contribution in [3.63, 3.8) is 0 Å². The minimum absolute atomic E-state index is 0.0156. The third kappa shape index (κ3) is 1.20. The highest BCUT2D eigenvalue weighted by atomic mass is 16.4. The zero-order valence-corrected chi connectivity index (χ0v) is 6.51. The molecule has 0 aliphatic heterocycles. The van der Waals surface area contributed by atoms with Gasteiger partial charge in [-0.3, -0.25) is 0 Å². The number of aromatic nitrogens is 3. The maximum atomic E-state index is 10.7. The van der Waals surface area contributed by atoms with Crippen molar-refractivity contribution in [1.29, 1.82) is 0 Å². The van der Waals surface area contributed by atoms with Gasteiger partial charge in [0.25, 0.3) is 0 Å². The van der Waals surface area contributed by atoms with E-state index < -0.39 is 5.97 Å². The Hall–Kier alpha value is -2.04. The third-order valence-corrected chi connectivity index (χ3v) is 1.64. The fourth-order valence-corrected chi connectivity index (χ4v) is 1.08. The van der Waals surface area contributed by atoms with E-state index in [0.717, 1.165) is 0 Å². The minimum Gasteiger partial charge on any atom is -0.476 e. The number of hydrogen-bond acceptors (Lipinski definition) is 4. The number of carboxylic acids is 1. The van der Waals surface area contributed by atoms with Gasteiger partial charge in [-0.2, -0.15) is 0 Å². The van der Waals surface area contributed by atoms with Crippen molar-refractivity contribution in [2.24, 2.45) is 0 Å². The topological polar surface area (TPSA) is 76.0 Å². The molecule has 5 heteroatoms. The van der Waals surface area contributed by atoms with Crippen molar-refractivity contribution in [2.75, 3.05) is 0 Å². The molecule has 0 aromatic carbocycles. The van der Waals surface area contributed by atoms with Crippen LogP contribution in [0.1, 0.15) is 10.5 Å². The van der Waals surface area contributed by atoms with Gasteiger partial charge in [0.1, 0.15) is 6.33 Å². The Labute approximate surface area is 73.1 Å². The van der Waals surface area contributed by atoms with Crippen LogP contribution in [0.25, 0.3) is 10.9 Å². The second kappa shape index (κ2) is 2.78. The summed E-state index contributed by atoms with van der Waals surface area (Å²) < 4.78 is 0. The molecular weight excluding hydrogens is 170 g/mol. The average molecular weight is 175 g/mol. The number of carbonyl (C=O) groups is 1. The van der Waals surface area contributed by atoms with E-state index in [2.05, 4.69) is 15.0 Å². The SMILES string of the molecule is O=C(O)c1nccc2ncncc12. The van der Waals surface area contributed by atoms with E-state index in [1.807, 2.05) is 0 Å². The molecule has 5 nitrogen and oxygen atoms in total. The van der Waals surface area contributed by atoms with Gasteiger partial charge < -0.3 is 5.11 Å². The molecule has 2 heterocycles. The van der Waals surface area contributed by atoms with Crippen LogP contribution in [-0.2, 0) is 0 Å². The molecule has 2 rings (SSSR count). The molecular formula is C8H5N3O2. The van der Waals surface area contributed by atoms with Crippen molar-refractivity contribution in [3.8, 4) is 0 Å². The Morgan fingerprint density at radius 2 is 2.23 bits per heavy atom. The Bertz CT molecular complexity index is 464. The standard InChI is InChI=1S/C8H5N3O2/c12-8(13)7-5-3-9-4-11-6(5)1-2-10-7/h1-4H,(H,12,13). The highest BCUT2D eigenvalue weighted by Crippen LogP contribution is 2.11. The fraction of sp³-hybridized carbons (Fsp3) is 0. The summed E-state index contributed by atoms with van der Waals surface area (Å²) in [4.78, 5) is 22.1. The zero-order chi connectivity index (χ0) is 9.26. The lowest BCUT2D eigenvalue weighted by Crippen LogP contribution is -2.01. The second-order valence-corrected chi connectivity index (χ2v) is 2.42. The van der Waals surface area contributed by atoms with Crippen LogP contribution in [0.15, 0.2) is 24.8 Å². The molecule has 0 spiro atoms. The molecule has 0 amide bonds. The molecule has 1 N–H and O–H groups in total. The lowest BCUT2D eigenvalue weighted by atomic mass is 10.2. The predicted molar refractivity (Wildman–Crippen MR) is 44.3 cm³/mol. The van der Waals surface area contributed by atoms with Gasteiger partial charge in [0.2, 0.25) is 0 Å². The molecule has 0 aliphatic carbocycles. The van der Waals surface area contributed by atoms with E-state index in [4.69, 9.17) is 5.11 Å². The summed E-state index contributed by atoms with van der Waals surface area (Å²) in [6.45, 7) is 0. The summed E-state index contributed by atoms with van der Waals surface area (Å²) in [6, 6.07) is 1.64. The molecule has 0 atom stereocenters. The van der Waals surface area contributed by atoms with Gasteiger partial charge in [-0.1, -0.05) is 0 Å². The van der Waals surface area contributed by atoms with Gasteiger partial charge in [0, 0.05) is 12.4 Å². The molecule has 0 unspecified atom stereocenters. The van der Waals surface area contributed by atoms with Crippen molar-refractivity contribution in [2.45, 2.75) is 0 Å². The quantitative estimate of drug-likeness (QED) is 0.691. The van der Waals surface area contributed by atoms with Gasteiger partial charge in [0.15, 0.2) is 5.69 Å². The number of nitrogens with zero attached hydrogens (tertiary/aromatic N) is 3. The Kier molecular flexibility index (Phi) is 1.63. The molecule has 0 fully saturated rings. The Balaban J connectivity index is 2.83. The summed E-state index contributed by atoms with van der Waals surface area (Å²) in [5.41, 5.74) is 0.570. The first-order chi connectivity index (χ1) is 6.29. The molecule has 0 aliphatic rings. The van der Waals surface area contributed by atoms with Crippen LogP contribution < -0.4 is 0 Å². The number of fused-ring (bicyclic) bond motifs is 1. The zero-order valence-electron chi connectivity index (χ0n) is 6.51. The maximum Gasteiger partial charge on any atom is 0.355 e. The van der Waals surface area contributed by atoms with Crippen molar-refractivity contribution >= 4 is 16.9 Å². The van der Waals surface area contributed by atoms with Gasteiger partial charge in [-0.25, -0.2) is 19.7 Å². The smallest absolute Gasteiger partial charge is 0.355 e. The molecule has 0 radical (unpaired) electrons. The van der Waals surface area contributed by atoms with E-state index >= 15 is 0 Å². The molecule has 13 heavy (non-hydrogen) atoms. The summed E-state index contributed by atoms with van der Waals surface area (Å²) in [7, 11) is 0. The van der Waals surface area contributed by atoms with Gasteiger partial charge in [-0.15, -0.1) is 0 Å². The van der Waals surface area contributed by atoms with E-state index in [1.165, 1.54) is 18.7 Å². The molecule has 0 saturated carbocycles. The second-order valence-electron chi connectivity index (χ2n) is 2.42. The molecule has 0 saturated heterocycles. The first-order valence-corrected chi connectivity index (χ1v) is 3.57. The van der Waals surface area contributed by atoms with Crippen LogP contribution >= 0.6 is 0 Å². The molecule has 2 aromatic heterocycles. The van der Waals surface area contributed by atoms with E-state index in [9.17, 15) is 4.79 Å². The highest BCUT2D eigenvalue weighted by molar-refractivity contribution is 5.99. The van der Waals surface area contributed by atoms with Crippen molar-refractivity contribution in [1.82, 2.24) is 15.0 Å². The normalized spacial score (nSPS) is 10.2. The van der Waals surface area contributed by atoms with Crippen molar-refractivity contribution in [3.05, 3.63) is 30.5 Å². The van der Waals surface area contributed by atoms with Crippen molar-refractivity contribution < 1.29 is 9.90 Å². The van der Waals surface area contributed by atoms with Gasteiger partial charge in [-0.05, 0) is 6.07 Å².